The van der Waals surface area contributed by atoms with Crippen molar-refractivity contribution in [3.63, 3.8) is 0 Å². The minimum absolute atomic E-state index is 0.162. The van der Waals surface area contributed by atoms with E-state index >= 15 is 0 Å². The van der Waals surface area contributed by atoms with Crippen LogP contribution in [0.2, 0.25) is 0 Å². The zero-order valence-corrected chi connectivity index (χ0v) is 20.9. The van der Waals surface area contributed by atoms with Gasteiger partial charge < -0.3 is 15.4 Å². The maximum absolute atomic E-state index is 12.8. The highest BCUT2D eigenvalue weighted by atomic mass is 35.6. The van der Waals surface area contributed by atoms with Crippen molar-refractivity contribution in [3.05, 3.63) is 12.2 Å². The number of halogens is 3. The number of nitrogens with zero attached hydrogens (tertiary/aromatic N) is 1. The molecule has 2 unspecified atom stereocenters. The molecule has 12 heteroatoms. The van der Waals surface area contributed by atoms with E-state index < -0.39 is 46.3 Å². The van der Waals surface area contributed by atoms with Crippen molar-refractivity contribution in [2.45, 2.75) is 68.9 Å². The molecule has 0 bridgehead atoms. The van der Waals surface area contributed by atoms with Gasteiger partial charge in [-0.05, 0) is 32.6 Å². The Morgan fingerprint density at radius 1 is 1.19 bits per heavy atom. The number of ether oxygens (including phenoxy) is 1. The third-order valence-electron chi connectivity index (χ3n) is 4.65. The molecule has 0 aromatic heterocycles. The first-order valence-electron chi connectivity index (χ1n) is 10.4. The predicted octanol–water partition coefficient (Wildman–Crippen LogP) is 2.01. The van der Waals surface area contributed by atoms with E-state index in [9.17, 15) is 19.2 Å². The molecule has 1 rings (SSSR count). The Labute approximate surface area is 203 Å². The van der Waals surface area contributed by atoms with Gasteiger partial charge in [0, 0.05) is 13.0 Å². The second kappa shape index (κ2) is 13.2. The number of alkyl halides is 3. The number of allylic oxidation sites excluding steroid dienone is 1. The lowest BCUT2D eigenvalue weighted by Crippen LogP contribution is -2.61. The van der Waals surface area contributed by atoms with Gasteiger partial charge in [0.25, 0.3) is 5.91 Å². The Morgan fingerprint density at radius 2 is 1.84 bits per heavy atom. The van der Waals surface area contributed by atoms with Gasteiger partial charge in [-0.2, -0.15) is 0 Å². The van der Waals surface area contributed by atoms with Crippen LogP contribution in [0.5, 0.6) is 0 Å². The molecule has 0 aromatic carbocycles. The Bertz CT molecular complexity index is 712. The fourth-order valence-electron chi connectivity index (χ4n) is 2.96. The topological polar surface area (TPSA) is 117 Å². The number of carbonyl (C=O) groups excluding carboxylic acids is 4. The zero-order valence-electron chi connectivity index (χ0n) is 18.6. The summed E-state index contributed by atoms with van der Waals surface area (Å²) in [7, 11) is 0. The standard InChI is InChI=1S/C20H31Cl3N4O5/c1-5-6-9-15(28)25-16(12(2)3)17(29)24-13(4)18(30)27-10-7-8-14(26-27)19(31)32-11-20(21,22)23/h5-6,12-14,16,26H,7-11H2,1-4H3,(H,24,29)(H,25,28)/b6-5+/t13?,14-,16?/m0/s1. The highest BCUT2D eigenvalue weighted by Gasteiger charge is 2.34. The van der Waals surface area contributed by atoms with Gasteiger partial charge in [-0.3, -0.25) is 24.2 Å². The smallest absolute Gasteiger partial charge is 0.325 e. The normalized spacial score (nSPS) is 18.9. The maximum atomic E-state index is 12.8. The lowest BCUT2D eigenvalue weighted by atomic mass is 10.0. The quantitative estimate of drug-likeness (QED) is 0.247. The monoisotopic (exact) mass is 512 g/mol. The molecule has 1 saturated heterocycles. The van der Waals surface area contributed by atoms with Crippen LogP contribution >= 0.6 is 34.8 Å². The Hall–Kier alpha value is -1.55. The van der Waals surface area contributed by atoms with Gasteiger partial charge in [0.1, 0.15) is 24.7 Å². The van der Waals surface area contributed by atoms with E-state index in [0.717, 1.165) is 0 Å². The van der Waals surface area contributed by atoms with Crippen LogP contribution in [0, 0.1) is 5.92 Å². The van der Waals surface area contributed by atoms with E-state index in [-0.39, 0.29) is 18.2 Å². The van der Waals surface area contributed by atoms with Gasteiger partial charge in [0.2, 0.25) is 15.6 Å². The lowest BCUT2D eigenvalue weighted by Gasteiger charge is -2.34. The molecule has 32 heavy (non-hydrogen) atoms. The summed E-state index contributed by atoms with van der Waals surface area (Å²) in [4.78, 5) is 49.7. The average molecular weight is 514 g/mol. The minimum Gasteiger partial charge on any atom is -0.460 e. The number of hydrogen-bond donors (Lipinski definition) is 3. The van der Waals surface area contributed by atoms with Crippen molar-refractivity contribution in [2.75, 3.05) is 13.2 Å². The van der Waals surface area contributed by atoms with E-state index in [0.29, 0.717) is 19.4 Å². The molecule has 1 aliphatic rings. The summed E-state index contributed by atoms with van der Waals surface area (Å²) in [5.41, 5.74) is 2.80. The molecule has 1 fully saturated rings. The summed E-state index contributed by atoms with van der Waals surface area (Å²) >= 11 is 16.8. The van der Waals surface area contributed by atoms with Gasteiger partial charge in [-0.15, -0.1) is 0 Å². The summed E-state index contributed by atoms with van der Waals surface area (Å²) in [6, 6.07) is -2.46. The third-order valence-corrected chi connectivity index (χ3v) is 4.98. The molecular weight excluding hydrogens is 483 g/mol. The van der Waals surface area contributed by atoms with Gasteiger partial charge in [0.05, 0.1) is 0 Å². The Balaban J connectivity index is 2.67. The largest absolute Gasteiger partial charge is 0.460 e. The molecule has 0 radical (unpaired) electrons. The van der Waals surface area contributed by atoms with Crippen LogP contribution in [0.25, 0.3) is 0 Å². The van der Waals surface area contributed by atoms with Crippen molar-refractivity contribution in [3.8, 4) is 0 Å². The molecule has 1 heterocycles. The van der Waals surface area contributed by atoms with Gasteiger partial charge >= 0.3 is 5.97 Å². The van der Waals surface area contributed by atoms with Crippen LogP contribution in [0.1, 0.15) is 47.0 Å². The number of amides is 3. The minimum atomic E-state index is -1.73. The van der Waals surface area contributed by atoms with E-state index in [1.807, 2.05) is 0 Å². The molecule has 0 aliphatic carbocycles. The number of hydrazine groups is 1. The van der Waals surface area contributed by atoms with Gasteiger partial charge in [-0.25, -0.2) is 5.43 Å². The first-order valence-corrected chi connectivity index (χ1v) is 11.5. The van der Waals surface area contributed by atoms with E-state index in [1.165, 1.54) is 11.9 Å². The van der Waals surface area contributed by atoms with Crippen LogP contribution in [0.4, 0.5) is 0 Å². The fraction of sp³-hybridized carbons (Fsp3) is 0.700. The van der Waals surface area contributed by atoms with Crippen molar-refractivity contribution in [1.29, 1.82) is 0 Å². The number of esters is 1. The first kappa shape index (κ1) is 28.5. The van der Waals surface area contributed by atoms with Crippen molar-refractivity contribution >= 4 is 58.5 Å². The number of hydrogen-bond acceptors (Lipinski definition) is 6. The maximum Gasteiger partial charge on any atom is 0.325 e. The first-order chi connectivity index (χ1) is 14.9. The van der Waals surface area contributed by atoms with Crippen LogP contribution in [0.3, 0.4) is 0 Å². The van der Waals surface area contributed by atoms with E-state index in [4.69, 9.17) is 39.5 Å². The molecule has 0 saturated carbocycles. The molecule has 3 amide bonds. The van der Waals surface area contributed by atoms with Crippen molar-refractivity contribution < 1.29 is 23.9 Å². The molecular formula is C20H31Cl3N4O5. The molecule has 0 spiro atoms. The van der Waals surface area contributed by atoms with Crippen molar-refractivity contribution in [1.82, 2.24) is 21.1 Å². The van der Waals surface area contributed by atoms with Crippen LogP contribution < -0.4 is 16.1 Å². The van der Waals surface area contributed by atoms with Crippen LogP contribution in [0.15, 0.2) is 12.2 Å². The predicted molar refractivity (Wildman–Crippen MR) is 123 cm³/mol. The average Bonchev–Trinajstić information content (AvgIpc) is 2.72. The highest BCUT2D eigenvalue weighted by molar-refractivity contribution is 6.67. The van der Waals surface area contributed by atoms with E-state index in [1.54, 1.807) is 32.9 Å². The van der Waals surface area contributed by atoms with E-state index in [2.05, 4.69) is 16.1 Å². The van der Waals surface area contributed by atoms with Crippen LogP contribution in [-0.2, 0) is 23.9 Å². The summed E-state index contributed by atoms with van der Waals surface area (Å²) in [5.74, 6) is -2.01. The summed E-state index contributed by atoms with van der Waals surface area (Å²) in [5, 5.41) is 6.59. The van der Waals surface area contributed by atoms with Gasteiger partial charge in [-0.1, -0.05) is 60.8 Å². The SMILES string of the molecule is C/C=C/CC(=O)NC(C(=O)NC(C)C(=O)N1CCC[C@@H](C(=O)OCC(Cl)(Cl)Cl)N1)C(C)C. The highest BCUT2D eigenvalue weighted by Crippen LogP contribution is 2.26. The lowest BCUT2D eigenvalue weighted by molar-refractivity contribution is -0.152. The zero-order chi connectivity index (χ0) is 24.5. The third kappa shape index (κ3) is 9.94. The molecule has 0 aromatic rings. The summed E-state index contributed by atoms with van der Waals surface area (Å²) < 4.78 is 3.24. The second-order valence-electron chi connectivity index (χ2n) is 7.83. The Morgan fingerprint density at radius 3 is 2.41 bits per heavy atom. The summed E-state index contributed by atoms with van der Waals surface area (Å²) in [6.45, 7) is 6.86. The molecule has 182 valence electrons. The number of nitrogens with one attached hydrogen (secondary N) is 3. The molecule has 3 atom stereocenters. The fourth-order valence-corrected chi connectivity index (χ4v) is 3.12. The molecule has 1 aliphatic heterocycles. The Kier molecular flexibility index (Phi) is 11.8. The van der Waals surface area contributed by atoms with Crippen molar-refractivity contribution in [2.24, 2.45) is 5.92 Å². The second-order valence-corrected chi connectivity index (χ2v) is 10.3. The van der Waals surface area contributed by atoms with Crippen LogP contribution in [-0.4, -0.2) is 63.8 Å². The number of rotatable bonds is 9. The summed E-state index contributed by atoms with van der Waals surface area (Å²) in [6.07, 6.45) is 4.58. The molecule has 3 N–H and O–H groups in total. The molecule has 9 nitrogen and oxygen atoms in total. The number of carbonyl (C=O) groups is 4. The van der Waals surface area contributed by atoms with Gasteiger partial charge in [0.15, 0.2) is 0 Å².